The molecule has 1 fully saturated rings. The van der Waals surface area contributed by atoms with Crippen LogP contribution in [0.3, 0.4) is 0 Å². The lowest BCUT2D eigenvalue weighted by molar-refractivity contribution is -0.133. The molecule has 1 heterocycles. The maximum absolute atomic E-state index is 12.4. The molecule has 0 bridgehead atoms. The Labute approximate surface area is 157 Å². The van der Waals surface area contributed by atoms with Crippen LogP contribution in [0.2, 0.25) is 0 Å². The Bertz CT molecular complexity index is 577. The monoisotopic (exact) mass is 359 g/mol. The first-order chi connectivity index (χ1) is 12.5. The summed E-state index contributed by atoms with van der Waals surface area (Å²) in [5.74, 6) is 0.294. The van der Waals surface area contributed by atoms with Gasteiger partial charge in [0.25, 0.3) is 0 Å². The van der Waals surface area contributed by atoms with Crippen LogP contribution in [0.5, 0.6) is 0 Å². The van der Waals surface area contributed by atoms with Gasteiger partial charge in [0.15, 0.2) is 0 Å². The maximum atomic E-state index is 12.4. The second-order valence-electron chi connectivity index (χ2n) is 7.20. The highest BCUT2D eigenvalue weighted by atomic mass is 16.2. The lowest BCUT2D eigenvalue weighted by Gasteiger charge is -2.34. The molecule has 2 rings (SSSR count). The summed E-state index contributed by atoms with van der Waals surface area (Å²) in [7, 11) is 0. The number of piperazine rings is 1. The summed E-state index contributed by atoms with van der Waals surface area (Å²) in [5.41, 5.74) is 2.55. The molecule has 1 saturated heterocycles. The smallest absolute Gasteiger partial charge is 0.234 e. The summed E-state index contributed by atoms with van der Waals surface area (Å²) >= 11 is 0. The van der Waals surface area contributed by atoms with Crippen LogP contribution in [-0.4, -0.2) is 60.4 Å². The van der Waals surface area contributed by atoms with Crippen molar-refractivity contribution < 1.29 is 9.59 Å². The zero-order chi connectivity index (χ0) is 18.9. The Balaban J connectivity index is 1.69. The molecule has 1 aliphatic heterocycles. The van der Waals surface area contributed by atoms with Gasteiger partial charge in [0.1, 0.15) is 0 Å². The van der Waals surface area contributed by atoms with Crippen molar-refractivity contribution in [1.29, 1.82) is 0 Å². The van der Waals surface area contributed by atoms with Crippen molar-refractivity contribution in [3.05, 3.63) is 35.4 Å². The first-order valence-corrected chi connectivity index (χ1v) is 9.89. The van der Waals surface area contributed by atoms with Crippen molar-refractivity contribution in [3.63, 3.8) is 0 Å². The standard InChI is InChI=1S/C21H33N3O2/c1-4-17(3)22-20(25)16-23-12-14-24(15-13-23)21(26)11-10-19-8-6-18(5-2)7-9-19/h6-9,17H,4-5,10-16H2,1-3H3,(H,22,25). The van der Waals surface area contributed by atoms with E-state index in [0.717, 1.165) is 32.4 Å². The molecule has 0 saturated carbocycles. The predicted molar refractivity (Wildman–Crippen MR) is 105 cm³/mol. The SMILES string of the molecule is CCc1ccc(CCC(=O)N2CCN(CC(=O)NC(C)CC)CC2)cc1. The largest absolute Gasteiger partial charge is 0.353 e. The fourth-order valence-corrected chi connectivity index (χ4v) is 3.13. The van der Waals surface area contributed by atoms with E-state index in [1.165, 1.54) is 11.1 Å². The van der Waals surface area contributed by atoms with Crippen LogP contribution in [0.15, 0.2) is 24.3 Å². The van der Waals surface area contributed by atoms with Gasteiger partial charge in [-0.15, -0.1) is 0 Å². The van der Waals surface area contributed by atoms with E-state index in [1.54, 1.807) is 0 Å². The lowest BCUT2D eigenvalue weighted by Crippen LogP contribution is -2.51. The molecule has 0 spiro atoms. The molecule has 1 atom stereocenters. The van der Waals surface area contributed by atoms with E-state index in [-0.39, 0.29) is 17.9 Å². The van der Waals surface area contributed by atoms with Gasteiger partial charge in [0.2, 0.25) is 11.8 Å². The van der Waals surface area contributed by atoms with Gasteiger partial charge in [-0.2, -0.15) is 0 Å². The van der Waals surface area contributed by atoms with Crippen LogP contribution in [0, 0.1) is 0 Å². The number of carbonyl (C=O) groups excluding carboxylic acids is 2. The normalized spacial score (nSPS) is 16.3. The van der Waals surface area contributed by atoms with Crippen molar-refractivity contribution in [3.8, 4) is 0 Å². The number of benzene rings is 1. The topological polar surface area (TPSA) is 52.7 Å². The molecule has 2 amide bonds. The number of aryl methyl sites for hydroxylation is 2. The van der Waals surface area contributed by atoms with Crippen LogP contribution in [0.4, 0.5) is 0 Å². The van der Waals surface area contributed by atoms with Crippen molar-refractivity contribution >= 4 is 11.8 Å². The lowest BCUT2D eigenvalue weighted by atomic mass is 10.1. The van der Waals surface area contributed by atoms with Gasteiger partial charge in [0.05, 0.1) is 6.54 Å². The fourth-order valence-electron chi connectivity index (χ4n) is 3.13. The molecule has 1 unspecified atom stereocenters. The molecule has 1 N–H and O–H groups in total. The molecule has 5 heteroatoms. The number of nitrogens with one attached hydrogen (secondary N) is 1. The third-order valence-corrected chi connectivity index (χ3v) is 5.17. The summed E-state index contributed by atoms with van der Waals surface area (Å²) in [4.78, 5) is 28.5. The molecule has 0 aliphatic carbocycles. The molecule has 26 heavy (non-hydrogen) atoms. The van der Waals surface area contributed by atoms with Gasteiger partial charge in [-0.3, -0.25) is 14.5 Å². The van der Waals surface area contributed by atoms with Crippen molar-refractivity contribution in [1.82, 2.24) is 15.1 Å². The van der Waals surface area contributed by atoms with Crippen molar-refractivity contribution in [2.45, 2.75) is 52.5 Å². The van der Waals surface area contributed by atoms with Crippen LogP contribution >= 0.6 is 0 Å². The van der Waals surface area contributed by atoms with E-state index >= 15 is 0 Å². The summed E-state index contributed by atoms with van der Waals surface area (Å²) in [6.07, 6.45) is 3.33. The minimum atomic E-state index is 0.0784. The Morgan fingerprint density at radius 3 is 2.23 bits per heavy atom. The van der Waals surface area contributed by atoms with Crippen LogP contribution in [-0.2, 0) is 22.4 Å². The Morgan fingerprint density at radius 2 is 1.65 bits per heavy atom. The van der Waals surface area contributed by atoms with Gasteiger partial charge in [-0.25, -0.2) is 0 Å². The fraction of sp³-hybridized carbons (Fsp3) is 0.619. The minimum Gasteiger partial charge on any atom is -0.353 e. The Kier molecular flexibility index (Phi) is 8.10. The summed E-state index contributed by atoms with van der Waals surface area (Å²) in [5, 5.41) is 3.00. The number of carbonyl (C=O) groups is 2. The summed E-state index contributed by atoms with van der Waals surface area (Å²) < 4.78 is 0. The number of rotatable bonds is 8. The molecule has 1 aromatic rings. The van der Waals surface area contributed by atoms with Crippen LogP contribution in [0.1, 0.15) is 44.7 Å². The first kappa shape index (κ1) is 20.4. The van der Waals surface area contributed by atoms with E-state index < -0.39 is 0 Å². The predicted octanol–water partition coefficient (Wildman–Crippen LogP) is 2.24. The van der Waals surface area contributed by atoms with Crippen LogP contribution < -0.4 is 5.32 Å². The van der Waals surface area contributed by atoms with E-state index in [0.29, 0.717) is 26.1 Å². The average molecular weight is 360 g/mol. The highest BCUT2D eigenvalue weighted by molar-refractivity contribution is 5.78. The van der Waals surface area contributed by atoms with Gasteiger partial charge < -0.3 is 10.2 Å². The van der Waals surface area contributed by atoms with E-state index in [4.69, 9.17) is 0 Å². The Morgan fingerprint density at radius 1 is 1.04 bits per heavy atom. The first-order valence-electron chi connectivity index (χ1n) is 9.89. The van der Waals surface area contributed by atoms with E-state index in [2.05, 4.69) is 48.3 Å². The molecular formula is C21H33N3O2. The second kappa shape index (κ2) is 10.3. The number of nitrogens with zero attached hydrogens (tertiary/aromatic N) is 2. The molecule has 144 valence electrons. The van der Waals surface area contributed by atoms with Crippen molar-refractivity contribution in [2.75, 3.05) is 32.7 Å². The molecule has 0 radical (unpaired) electrons. The van der Waals surface area contributed by atoms with Gasteiger partial charge in [-0.1, -0.05) is 38.1 Å². The molecule has 0 aromatic heterocycles. The zero-order valence-electron chi connectivity index (χ0n) is 16.5. The highest BCUT2D eigenvalue weighted by Crippen LogP contribution is 2.10. The van der Waals surface area contributed by atoms with E-state index in [1.807, 2.05) is 11.8 Å². The van der Waals surface area contributed by atoms with Gasteiger partial charge >= 0.3 is 0 Å². The summed E-state index contributed by atoms with van der Waals surface area (Å²) in [6.45, 7) is 9.62. The van der Waals surface area contributed by atoms with Crippen LogP contribution in [0.25, 0.3) is 0 Å². The molecule has 1 aromatic carbocycles. The zero-order valence-corrected chi connectivity index (χ0v) is 16.5. The highest BCUT2D eigenvalue weighted by Gasteiger charge is 2.22. The Hall–Kier alpha value is -1.88. The molecule has 5 nitrogen and oxygen atoms in total. The number of hydrogen-bond acceptors (Lipinski definition) is 3. The van der Waals surface area contributed by atoms with E-state index in [9.17, 15) is 9.59 Å². The quantitative estimate of drug-likeness (QED) is 0.774. The third kappa shape index (κ3) is 6.45. The molecule has 1 aliphatic rings. The second-order valence-corrected chi connectivity index (χ2v) is 7.20. The van der Waals surface area contributed by atoms with Crippen molar-refractivity contribution in [2.24, 2.45) is 0 Å². The third-order valence-electron chi connectivity index (χ3n) is 5.17. The van der Waals surface area contributed by atoms with Gasteiger partial charge in [0, 0.05) is 38.6 Å². The van der Waals surface area contributed by atoms with Gasteiger partial charge in [-0.05, 0) is 37.3 Å². The average Bonchev–Trinajstić information content (AvgIpc) is 2.66. The summed E-state index contributed by atoms with van der Waals surface area (Å²) in [6, 6.07) is 8.75. The minimum absolute atomic E-state index is 0.0784. The number of hydrogen-bond donors (Lipinski definition) is 1. The molecular weight excluding hydrogens is 326 g/mol. The number of amides is 2. The maximum Gasteiger partial charge on any atom is 0.234 e.